The lowest BCUT2D eigenvalue weighted by Gasteiger charge is -2.32. The average molecular weight is 360 g/mol. The van der Waals surface area contributed by atoms with Gasteiger partial charge in [-0.1, -0.05) is 0 Å². The SMILES string of the molecule is O=C(c1ccn2c1CS(=O)(=O)CC2)N1CCC(c2ccncn2)CC1. The molecule has 2 aromatic rings. The first-order valence-electron chi connectivity index (χ1n) is 8.47. The Morgan fingerprint density at radius 2 is 1.96 bits per heavy atom. The highest BCUT2D eigenvalue weighted by molar-refractivity contribution is 7.90. The van der Waals surface area contributed by atoms with Gasteiger partial charge in [-0.05, 0) is 25.0 Å². The van der Waals surface area contributed by atoms with Crippen molar-refractivity contribution >= 4 is 15.7 Å². The van der Waals surface area contributed by atoms with Gasteiger partial charge in [0.15, 0.2) is 9.84 Å². The van der Waals surface area contributed by atoms with E-state index in [0.717, 1.165) is 18.5 Å². The molecule has 25 heavy (non-hydrogen) atoms. The van der Waals surface area contributed by atoms with Crippen LogP contribution in [0.25, 0.3) is 0 Å². The van der Waals surface area contributed by atoms with Gasteiger partial charge in [0, 0.05) is 49.3 Å². The summed E-state index contributed by atoms with van der Waals surface area (Å²) in [6.07, 6.45) is 6.84. The molecule has 4 heterocycles. The van der Waals surface area contributed by atoms with Gasteiger partial charge in [-0.2, -0.15) is 0 Å². The normalized spacial score (nSPS) is 20.2. The Morgan fingerprint density at radius 1 is 1.16 bits per heavy atom. The summed E-state index contributed by atoms with van der Waals surface area (Å²) in [6, 6.07) is 3.69. The van der Waals surface area contributed by atoms with Crippen LogP contribution in [0.1, 0.15) is 40.5 Å². The third kappa shape index (κ3) is 3.18. The van der Waals surface area contributed by atoms with E-state index in [4.69, 9.17) is 0 Å². The Labute approximate surface area is 146 Å². The molecular formula is C17H20N4O3S. The van der Waals surface area contributed by atoms with Crippen LogP contribution < -0.4 is 0 Å². The van der Waals surface area contributed by atoms with E-state index in [2.05, 4.69) is 9.97 Å². The van der Waals surface area contributed by atoms with Crippen molar-refractivity contribution in [3.8, 4) is 0 Å². The highest BCUT2D eigenvalue weighted by atomic mass is 32.2. The maximum atomic E-state index is 12.9. The summed E-state index contributed by atoms with van der Waals surface area (Å²) in [5, 5.41) is 0. The Kier molecular flexibility index (Phi) is 4.07. The molecule has 0 atom stereocenters. The van der Waals surface area contributed by atoms with Gasteiger partial charge >= 0.3 is 0 Å². The first-order valence-corrected chi connectivity index (χ1v) is 10.3. The summed E-state index contributed by atoms with van der Waals surface area (Å²) >= 11 is 0. The van der Waals surface area contributed by atoms with E-state index in [1.165, 1.54) is 0 Å². The molecule has 7 nitrogen and oxygen atoms in total. The number of fused-ring (bicyclic) bond motifs is 1. The molecule has 4 rings (SSSR count). The van der Waals surface area contributed by atoms with E-state index in [0.29, 0.717) is 36.8 Å². The number of likely N-dealkylation sites (tertiary alicyclic amines) is 1. The molecule has 0 bridgehead atoms. The number of rotatable bonds is 2. The first-order chi connectivity index (χ1) is 12.0. The maximum absolute atomic E-state index is 12.9. The molecule has 0 saturated carbocycles. The standard InChI is InChI=1S/C17H20N4O3S/c22-17(14-4-8-20-9-10-25(23,24)11-16(14)20)21-6-2-13(3-7-21)15-1-5-18-12-19-15/h1,4-5,8,12-13H,2-3,6-7,9-11H2. The number of nitrogens with zero attached hydrogens (tertiary/aromatic N) is 4. The minimum absolute atomic E-state index is 0.0432. The van der Waals surface area contributed by atoms with Crippen molar-refractivity contribution in [3.05, 3.63) is 47.8 Å². The first kappa shape index (κ1) is 16.3. The highest BCUT2D eigenvalue weighted by Gasteiger charge is 2.30. The molecule has 0 unspecified atom stereocenters. The number of amides is 1. The zero-order valence-corrected chi connectivity index (χ0v) is 14.7. The smallest absolute Gasteiger partial charge is 0.255 e. The Morgan fingerprint density at radius 3 is 2.68 bits per heavy atom. The second kappa shape index (κ2) is 6.25. The van der Waals surface area contributed by atoms with Gasteiger partial charge in [0.25, 0.3) is 5.91 Å². The predicted molar refractivity (Wildman–Crippen MR) is 91.8 cm³/mol. The largest absolute Gasteiger partial charge is 0.349 e. The molecule has 1 fully saturated rings. The second-order valence-electron chi connectivity index (χ2n) is 6.66. The predicted octanol–water partition coefficient (Wildman–Crippen LogP) is 1.23. The molecule has 1 saturated heterocycles. The fourth-order valence-electron chi connectivity index (χ4n) is 3.68. The van der Waals surface area contributed by atoms with E-state index in [9.17, 15) is 13.2 Å². The molecule has 0 aromatic carbocycles. The average Bonchev–Trinajstić information content (AvgIpc) is 3.04. The molecule has 1 amide bonds. The molecule has 2 aliphatic rings. The lowest BCUT2D eigenvalue weighted by Crippen LogP contribution is -2.38. The van der Waals surface area contributed by atoms with Crippen molar-refractivity contribution in [1.29, 1.82) is 0 Å². The molecule has 2 aliphatic heterocycles. The molecular weight excluding hydrogens is 340 g/mol. The fraction of sp³-hybridized carbons (Fsp3) is 0.471. The number of carbonyl (C=O) groups excluding carboxylic acids is 1. The topological polar surface area (TPSA) is 85.2 Å². The molecule has 132 valence electrons. The number of aryl methyl sites for hydroxylation is 1. The highest BCUT2D eigenvalue weighted by Crippen LogP contribution is 2.28. The lowest BCUT2D eigenvalue weighted by atomic mass is 9.93. The number of aromatic nitrogens is 3. The van der Waals surface area contributed by atoms with Crippen LogP contribution in [0.5, 0.6) is 0 Å². The summed E-state index contributed by atoms with van der Waals surface area (Å²) in [4.78, 5) is 23.0. The van der Waals surface area contributed by atoms with E-state index in [1.54, 1.807) is 18.6 Å². The maximum Gasteiger partial charge on any atom is 0.255 e. The van der Waals surface area contributed by atoms with Gasteiger partial charge < -0.3 is 9.47 Å². The minimum Gasteiger partial charge on any atom is -0.349 e. The molecule has 0 radical (unpaired) electrons. The van der Waals surface area contributed by atoms with Crippen molar-refractivity contribution in [3.63, 3.8) is 0 Å². The number of hydrogen-bond acceptors (Lipinski definition) is 5. The van der Waals surface area contributed by atoms with Crippen molar-refractivity contribution in [2.24, 2.45) is 0 Å². The number of carbonyl (C=O) groups is 1. The molecule has 2 aromatic heterocycles. The van der Waals surface area contributed by atoms with Crippen LogP contribution in [-0.4, -0.2) is 52.6 Å². The lowest BCUT2D eigenvalue weighted by molar-refractivity contribution is 0.0711. The molecule has 0 aliphatic carbocycles. The fourth-order valence-corrected chi connectivity index (χ4v) is 5.04. The van der Waals surface area contributed by atoms with E-state index < -0.39 is 9.84 Å². The zero-order valence-electron chi connectivity index (χ0n) is 13.8. The monoisotopic (exact) mass is 360 g/mol. The molecule has 0 N–H and O–H groups in total. The van der Waals surface area contributed by atoms with Crippen LogP contribution in [-0.2, 0) is 22.1 Å². The number of piperidine rings is 1. The van der Waals surface area contributed by atoms with Crippen LogP contribution in [0.4, 0.5) is 0 Å². The summed E-state index contributed by atoms with van der Waals surface area (Å²) in [5.74, 6) is 0.382. The second-order valence-corrected chi connectivity index (χ2v) is 8.85. The van der Waals surface area contributed by atoms with Crippen molar-refractivity contribution < 1.29 is 13.2 Å². The summed E-state index contributed by atoms with van der Waals surface area (Å²) in [7, 11) is -3.10. The summed E-state index contributed by atoms with van der Waals surface area (Å²) < 4.78 is 25.7. The van der Waals surface area contributed by atoms with Crippen LogP contribution in [0.2, 0.25) is 0 Å². The van der Waals surface area contributed by atoms with Gasteiger partial charge in [-0.25, -0.2) is 18.4 Å². The Balaban J connectivity index is 1.48. The van der Waals surface area contributed by atoms with Crippen LogP contribution in [0.15, 0.2) is 30.9 Å². The van der Waals surface area contributed by atoms with E-state index in [-0.39, 0.29) is 17.4 Å². The van der Waals surface area contributed by atoms with Crippen molar-refractivity contribution in [2.45, 2.75) is 31.1 Å². The van der Waals surface area contributed by atoms with Crippen molar-refractivity contribution in [2.75, 3.05) is 18.8 Å². The van der Waals surface area contributed by atoms with Gasteiger partial charge in [-0.15, -0.1) is 0 Å². The van der Waals surface area contributed by atoms with Gasteiger partial charge in [0.05, 0.1) is 17.1 Å². The molecule has 0 spiro atoms. The quantitative estimate of drug-likeness (QED) is 0.804. The number of sulfone groups is 1. The van der Waals surface area contributed by atoms with E-state index >= 15 is 0 Å². The van der Waals surface area contributed by atoms with Gasteiger partial charge in [-0.3, -0.25) is 4.79 Å². The third-order valence-corrected chi connectivity index (χ3v) is 6.63. The zero-order chi connectivity index (χ0) is 17.4. The Hall–Kier alpha value is -2.22. The molecule has 8 heteroatoms. The van der Waals surface area contributed by atoms with Crippen LogP contribution in [0, 0.1) is 0 Å². The summed E-state index contributed by atoms with van der Waals surface area (Å²) in [6.45, 7) is 1.75. The van der Waals surface area contributed by atoms with E-state index in [1.807, 2.05) is 21.7 Å². The van der Waals surface area contributed by atoms with Crippen molar-refractivity contribution in [1.82, 2.24) is 19.4 Å². The third-order valence-electron chi connectivity index (χ3n) is 5.11. The van der Waals surface area contributed by atoms with Crippen LogP contribution in [0.3, 0.4) is 0 Å². The minimum atomic E-state index is -3.10. The summed E-state index contributed by atoms with van der Waals surface area (Å²) in [5.41, 5.74) is 2.19. The van der Waals surface area contributed by atoms with Gasteiger partial charge in [0.1, 0.15) is 6.33 Å². The van der Waals surface area contributed by atoms with Gasteiger partial charge in [0.2, 0.25) is 0 Å². The van der Waals surface area contributed by atoms with Crippen LogP contribution >= 0.6 is 0 Å². The number of hydrogen-bond donors (Lipinski definition) is 0. The Bertz CT molecular complexity index is 884.